The van der Waals surface area contributed by atoms with Gasteiger partial charge in [0.05, 0.1) is 6.20 Å². The highest BCUT2D eigenvalue weighted by Gasteiger charge is 2.16. The van der Waals surface area contributed by atoms with Crippen LogP contribution in [-0.4, -0.2) is 31.1 Å². The molecule has 3 N–H and O–H groups in total. The van der Waals surface area contributed by atoms with Crippen LogP contribution in [0, 0.1) is 0 Å². The minimum absolute atomic E-state index is 0.0309. The Labute approximate surface area is 122 Å². The van der Waals surface area contributed by atoms with Gasteiger partial charge in [0.2, 0.25) is 0 Å². The molecule has 0 radical (unpaired) electrons. The second-order valence-electron chi connectivity index (χ2n) is 4.38. The molecule has 0 atom stereocenters. The van der Waals surface area contributed by atoms with Crippen LogP contribution in [-0.2, 0) is 10.0 Å². The SMILES string of the molecule is CCCNC(=O)c1cccc(NS(=O)(=O)c2cn[nH]c2)c1. The number of sulfonamides is 1. The summed E-state index contributed by atoms with van der Waals surface area (Å²) in [5.74, 6) is -0.235. The van der Waals surface area contributed by atoms with Crippen LogP contribution in [0.3, 0.4) is 0 Å². The topological polar surface area (TPSA) is 104 Å². The van der Waals surface area contributed by atoms with Gasteiger partial charge in [0, 0.05) is 24.0 Å². The number of nitrogens with zero attached hydrogens (tertiary/aromatic N) is 1. The third kappa shape index (κ3) is 3.82. The number of aromatic amines is 1. The molecule has 8 heteroatoms. The molecule has 0 spiro atoms. The number of nitrogens with one attached hydrogen (secondary N) is 3. The minimum Gasteiger partial charge on any atom is -0.352 e. The van der Waals surface area contributed by atoms with E-state index < -0.39 is 10.0 Å². The van der Waals surface area contributed by atoms with E-state index in [1.54, 1.807) is 18.2 Å². The number of carbonyl (C=O) groups excluding carboxylic acids is 1. The lowest BCUT2D eigenvalue weighted by atomic mass is 10.2. The summed E-state index contributed by atoms with van der Waals surface area (Å²) in [6.45, 7) is 2.53. The largest absolute Gasteiger partial charge is 0.352 e. The fourth-order valence-corrected chi connectivity index (χ4v) is 2.62. The molecule has 0 aliphatic carbocycles. The van der Waals surface area contributed by atoms with Gasteiger partial charge in [-0.2, -0.15) is 5.10 Å². The van der Waals surface area contributed by atoms with Crippen LogP contribution in [0.2, 0.25) is 0 Å². The summed E-state index contributed by atoms with van der Waals surface area (Å²) in [5.41, 5.74) is 0.719. The van der Waals surface area contributed by atoms with E-state index in [-0.39, 0.29) is 10.8 Å². The van der Waals surface area contributed by atoms with Crippen molar-refractivity contribution in [3.63, 3.8) is 0 Å². The predicted octanol–water partition coefficient (Wildman–Crippen LogP) is 1.35. The van der Waals surface area contributed by atoms with Crippen LogP contribution in [0.25, 0.3) is 0 Å². The summed E-state index contributed by atoms with van der Waals surface area (Å²) in [7, 11) is -3.70. The number of anilines is 1. The Balaban J connectivity index is 2.17. The second-order valence-corrected chi connectivity index (χ2v) is 6.06. The van der Waals surface area contributed by atoms with Gasteiger partial charge in [-0.3, -0.25) is 14.6 Å². The smallest absolute Gasteiger partial charge is 0.265 e. The quantitative estimate of drug-likeness (QED) is 0.749. The van der Waals surface area contributed by atoms with Crippen molar-refractivity contribution in [3.05, 3.63) is 42.2 Å². The Kier molecular flexibility index (Phi) is 4.59. The minimum atomic E-state index is -3.70. The first-order chi connectivity index (χ1) is 10.0. The maximum Gasteiger partial charge on any atom is 0.265 e. The van der Waals surface area contributed by atoms with Crippen molar-refractivity contribution < 1.29 is 13.2 Å². The van der Waals surface area contributed by atoms with Crippen LogP contribution >= 0.6 is 0 Å². The van der Waals surface area contributed by atoms with Gasteiger partial charge in [-0.15, -0.1) is 0 Å². The molecule has 1 heterocycles. The molecule has 1 aromatic heterocycles. The van der Waals surface area contributed by atoms with Crippen molar-refractivity contribution in [2.24, 2.45) is 0 Å². The molecular formula is C13H16N4O3S. The summed E-state index contributed by atoms with van der Waals surface area (Å²) in [4.78, 5) is 11.9. The highest BCUT2D eigenvalue weighted by Crippen LogP contribution is 2.16. The van der Waals surface area contributed by atoms with Crippen LogP contribution in [0.5, 0.6) is 0 Å². The highest BCUT2D eigenvalue weighted by molar-refractivity contribution is 7.92. The summed E-state index contributed by atoms with van der Waals surface area (Å²) >= 11 is 0. The average Bonchev–Trinajstić information content (AvgIpc) is 2.99. The molecule has 0 bridgehead atoms. The standard InChI is InChI=1S/C13H16N4O3S/c1-2-6-14-13(18)10-4-3-5-11(7-10)17-21(19,20)12-8-15-16-9-12/h3-5,7-9,17H,2,6H2,1H3,(H,14,18)(H,15,16). The van der Waals surface area contributed by atoms with Crippen LogP contribution in [0.1, 0.15) is 23.7 Å². The van der Waals surface area contributed by atoms with Gasteiger partial charge in [0.15, 0.2) is 0 Å². The van der Waals surface area contributed by atoms with E-state index in [2.05, 4.69) is 20.2 Å². The third-order valence-electron chi connectivity index (χ3n) is 2.70. The molecule has 0 saturated heterocycles. The Bertz CT molecular complexity index is 711. The zero-order valence-corrected chi connectivity index (χ0v) is 12.3. The number of H-pyrrole nitrogens is 1. The van der Waals surface area contributed by atoms with Gasteiger partial charge < -0.3 is 5.32 Å². The first-order valence-corrected chi connectivity index (χ1v) is 7.91. The van der Waals surface area contributed by atoms with Crippen LogP contribution < -0.4 is 10.0 Å². The summed E-state index contributed by atoms with van der Waals surface area (Å²) < 4.78 is 26.5. The molecule has 1 amide bonds. The van der Waals surface area contributed by atoms with Crippen molar-refractivity contribution in [2.75, 3.05) is 11.3 Å². The fourth-order valence-electron chi connectivity index (χ4n) is 1.66. The highest BCUT2D eigenvalue weighted by atomic mass is 32.2. The fraction of sp³-hybridized carbons (Fsp3) is 0.231. The predicted molar refractivity (Wildman–Crippen MR) is 78.5 cm³/mol. The van der Waals surface area contributed by atoms with Crippen molar-refractivity contribution >= 4 is 21.6 Å². The van der Waals surface area contributed by atoms with E-state index in [1.165, 1.54) is 18.5 Å². The van der Waals surface area contributed by atoms with Gasteiger partial charge >= 0.3 is 0 Å². The van der Waals surface area contributed by atoms with E-state index in [9.17, 15) is 13.2 Å². The molecule has 1 aromatic carbocycles. The summed E-state index contributed by atoms with van der Waals surface area (Å²) in [5, 5.41) is 8.78. The second kappa shape index (κ2) is 6.40. The molecule has 2 rings (SSSR count). The van der Waals surface area contributed by atoms with E-state index in [4.69, 9.17) is 0 Å². The van der Waals surface area contributed by atoms with Gasteiger partial charge in [-0.1, -0.05) is 13.0 Å². The number of hydrogen-bond acceptors (Lipinski definition) is 4. The van der Waals surface area contributed by atoms with Gasteiger partial charge in [-0.05, 0) is 24.6 Å². The molecule has 2 aromatic rings. The molecule has 0 unspecified atom stereocenters. The van der Waals surface area contributed by atoms with E-state index in [0.29, 0.717) is 17.8 Å². The Hall–Kier alpha value is -2.35. The van der Waals surface area contributed by atoms with E-state index in [0.717, 1.165) is 6.42 Å². The maximum atomic E-state index is 12.0. The first kappa shape index (κ1) is 15.0. The third-order valence-corrected chi connectivity index (χ3v) is 4.04. The van der Waals surface area contributed by atoms with Gasteiger partial charge in [0.25, 0.3) is 15.9 Å². The van der Waals surface area contributed by atoms with E-state index >= 15 is 0 Å². The molecule has 0 aliphatic rings. The lowest BCUT2D eigenvalue weighted by Gasteiger charge is -2.08. The summed E-state index contributed by atoms with van der Waals surface area (Å²) in [6.07, 6.45) is 3.32. The zero-order valence-electron chi connectivity index (χ0n) is 11.5. The van der Waals surface area contributed by atoms with Crippen molar-refractivity contribution in [1.82, 2.24) is 15.5 Å². The molecule has 0 fully saturated rings. The monoisotopic (exact) mass is 308 g/mol. The van der Waals surface area contributed by atoms with Crippen molar-refractivity contribution in [3.8, 4) is 0 Å². The lowest BCUT2D eigenvalue weighted by Crippen LogP contribution is -2.24. The molecule has 0 saturated carbocycles. The number of rotatable bonds is 6. The molecule has 112 valence electrons. The Morgan fingerprint density at radius 1 is 1.38 bits per heavy atom. The number of benzene rings is 1. The average molecular weight is 308 g/mol. The first-order valence-electron chi connectivity index (χ1n) is 6.43. The number of aromatic nitrogens is 2. The normalized spacial score (nSPS) is 11.1. The van der Waals surface area contributed by atoms with Crippen LogP contribution in [0.15, 0.2) is 41.6 Å². The Morgan fingerprint density at radius 2 is 2.19 bits per heavy atom. The van der Waals surface area contributed by atoms with Gasteiger partial charge in [0.1, 0.15) is 4.90 Å². The van der Waals surface area contributed by atoms with Crippen molar-refractivity contribution in [1.29, 1.82) is 0 Å². The maximum absolute atomic E-state index is 12.0. The molecule has 7 nitrogen and oxygen atoms in total. The van der Waals surface area contributed by atoms with Gasteiger partial charge in [-0.25, -0.2) is 8.42 Å². The molecule has 21 heavy (non-hydrogen) atoms. The Morgan fingerprint density at radius 3 is 2.86 bits per heavy atom. The number of amides is 1. The number of carbonyl (C=O) groups is 1. The lowest BCUT2D eigenvalue weighted by molar-refractivity contribution is 0.0953. The molecule has 0 aliphatic heterocycles. The zero-order chi connectivity index (χ0) is 15.3. The van der Waals surface area contributed by atoms with Crippen LogP contribution in [0.4, 0.5) is 5.69 Å². The summed E-state index contributed by atoms with van der Waals surface area (Å²) in [6, 6.07) is 6.31. The van der Waals surface area contributed by atoms with E-state index in [1.807, 2.05) is 6.92 Å². The molecular weight excluding hydrogens is 292 g/mol. The number of hydrogen-bond donors (Lipinski definition) is 3. The van der Waals surface area contributed by atoms with Crippen molar-refractivity contribution in [2.45, 2.75) is 18.2 Å².